The number of nitrogens with one attached hydrogen (secondary N) is 2. The summed E-state index contributed by atoms with van der Waals surface area (Å²) in [5.41, 5.74) is 3.83. The van der Waals surface area contributed by atoms with Crippen LogP contribution in [0.5, 0.6) is 0 Å². The fraction of sp³-hybridized carbons (Fsp3) is 0.442. The number of hydrogen-bond acceptors (Lipinski definition) is 4. The van der Waals surface area contributed by atoms with Gasteiger partial charge in [0.1, 0.15) is 0 Å². The number of alkyl halides is 3. The molecule has 4 nitrogen and oxygen atoms in total. The van der Waals surface area contributed by atoms with Gasteiger partial charge in [-0.05, 0) is 68.0 Å². The highest BCUT2D eigenvalue weighted by molar-refractivity contribution is 5.98. The third kappa shape index (κ3) is 16.0. The molecule has 0 amide bonds. The fourth-order valence-corrected chi connectivity index (χ4v) is 5.56. The van der Waals surface area contributed by atoms with E-state index in [1.807, 2.05) is 33.8 Å². The summed E-state index contributed by atoms with van der Waals surface area (Å²) in [5, 5.41) is 15.6. The van der Waals surface area contributed by atoms with Gasteiger partial charge in [-0.2, -0.15) is 18.4 Å². The average Bonchev–Trinajstić information content (AvgIpc) is 3.41. The smallest absolute Gasteiger partial charge is 0.353 e. The first-order valence-corrected chi connectivity index (χ1v) is 18.3. The monoisotopic (exact) mass is 689 g/mol. The number of Topliss-reactive ketones (excluding diaryl/α,β-unsaturated/α-hetero) is 1. The van der Waals surface area contributed by atoms with Crippen molar-refractivity contribution in [2.24, 2.45) is 0 Å². The SMILES string of the molecule is CC.CC.CC/C=C(/C=C(\Nc1cccc(C#N)c1)C(=O)CCC)C(F)(F)F.Cc1cccc(C(NC2CCCCCC2)c2ccccc2)c1. The van der Waals surface area contributed by atoms with E-state index in [-0.39, 0.29) is 18.5 Å². The number of allylic oxidation sites excluding steroid dienone is 4. The molecule has 2 N–H and O–H groups in total. The number of halogens is 3. The number of carbonyl (C=O) groups is 1. The van der Waals surface area contributed by atoms with Gasteiger partial charge in [-0.1, -0.05) is 140 Å². The number of anilines is 1. The molecular formula is C43H58F3N3O. The Hall–Kier alpha value is -4.15. The lowest BCUT2D eigenvalue weighted by atomic mass is 9.95. The number of aryl methyl sites for hydroxylation is 1. The van der Waals surface area contributed by atoms with Crippen LogP contribution in [0.2, 0.25) is 0 Å². The Labute approximate surface area is 299 Å². The van der Waals surface area contributed by atoms with Gasteiger partial charge in [0, 0.05) is 18.2 Å². The summed E-state index contributed by atoms with van der Waals surface area (Å²) >= 11 is 0. The topological polar surface area (TPSA) is 64.9 Å². The highest BCUT2D eigenvalue weighted by Gasteiger charge is 2.32. The van der Waals surface area contributed by atoms with Crippen molar-refractivity contribution in [3.05, 3.63) is 125 Å². The van der Waals surface area contributed by atoms with Crippen LogP contribution in [-0.2, 0) is 4.79 Å². The number of hydrogen-bond donors (Lipinski definition) is 2. The van der Waals surface area contributed by atoms with E-state index >= 15 is 0 Å². The number of nitrogens with zero attached hydrogens (tertiary/aromatic N) is 1. The molecule has 7 heteroatoms. The Balaban J connectivity index is 0.000000455. The van der Waals surface area contributed by atoms with Crippen molar-refractivity contribution < 1.29 is 18.0 Å². The minimum Gasteiger partial charge on any atom is -0.353 e. The number of carbonyl (C=O) groups excluding carboxylic acids is 1. The molecule has 4 rings (SSSR count). The van der Waals surface area contributed by atoms with Crippen molar-refractivity contribution in [2.75, 3.05) is 5.32 Å². The van der Waals surface area contributed by atoms with Crippen molar-refractivity contribution in [1.29, 1.82) is 5.26 Å². The largest absolute Gasteiger partial charge is 0.416 e. The maximum atomic E-state index is 13.1. The number of ketones is 1. The fourth-order valence-electron chi connectivity index (χ4n) is 5.56. The van der Waals surface area contributed by atoms with Crippen molar-refractivity contribution in [2.45, 2.75) is 125 Å². The molecule has 3 aromatic carbocycles. The number of rotatable bonds is 11. The van der Waals surface area contributed by atoms with Gasteiger partial charge < -0.3 is 10.6 Å². The summed E-state index contributed by atoms with van der Waals surface area (Å²) in [7, 11) is 0. The molecule has 1 aliphatic rings. The van der Waals surface area contributed by atoms with Crippen molar-refractivity contribution >= 4 is 11.5 Å². The summed E-state index contributed by atoms with van der Waals surface area (Å²) in [4.78, 5) is 12.2. The molecule has 0 spiro atoms. The maximum absolute atomic E-state index is 13.1. The lowest BCUT2D eigenvalue weighted by Crippen LogP contribution is -2.33. The van der Waals surface area contributed by atoms with E-state index in [0.29, 0.717) is 29.8 Å². The van der Waals surface area contributed by atoms with E-state index < -0.39 is 17.5 Å². The summed E-state index contributed by atoms with van der Waals surface area (Å²) < 4.78 is 39.2. The molecular weight excluding hydrogens is 631 g/mol. The van der Waals surface area contributed by atoms with Gasteiger partial charge in [0.05, 0.1) is 28.9 Å². The molecule has 50 heavy (non-hydrogen) atoms. The molecule has 0 heterocycles. The second-order valence-electron chi connectivity index (χ2n) is 11.7. The van der Waals surface area contributed by atoms with Crippen molar-refractivity contribution in [3.63, 3.8) is 0 Å². The molecule has 1 aliphatic carbocycles. The van der Waals surface area contributed by atoms with Crippen LogP contribution in [0.1, 0.15) is 128 Å². The van der Waals surface area contributed by atoms with E-state index in [0.717, 1.165) is 12.2 Å². The highest BCUT2D eigenvalue weighted by atomic mass is 19.4. The standard InChI is InChI=1S/C21H27N.C18H19F3N2O.2C2H6/c1-17-10-9-13-19(16-17)21(18-11-5-4-6-12-18)22-20-14-7-2-3-8-15-20;1-3-6-14(18(19,20)21)11-16(17(24)7-4-2)23-15-9-5-8-13(10-15)12-22;2*1-2/h4-6,9-13,16,20-22H,2-3,7-8,14-15H2,1H3;5-6,8-11,23H,3-4,7H2,1-2H3;2*1-2H3/b;14-6-,16-11-;;. The van der Waals surface area contributed by atoms with Crippen LogP contribution in [0.4, 0.5) is 18.9 Å². The van der Waals surface area contributed by atoms with Gasteiger partial charge in [-0.15, -0.1) is 0 Å². The maximum Gasteiger partial charge on any atom is 0.416 e. The van der Waals surface area contributed by atoms with Gasteiger partial charge in [0.25, 0.3) is 0 Å². The second-order valence-corrected chi connectivity index (χ2v) is 11.7. The van der Waals surface area contributed by atoms with Crippen molar-refractivity contribution in [1.82, 2.24) is 5.32 Å². The van der Waals surface area contributed by atoms with Crippen LogP contribution in [-0.4, -0.2) is 18.0 Å². The minimum atomic E-state index is -4.54. The first-order valence-electron chi connectivity index (χ1n) is 18.3. The Kier molecular flexibility index (Phi) is 21.8. The Morgan fingerprint density at radius 2 is 1.50 bits per heavy atom. The highest BCUT2D eigenvalue weighted by Crippen LogP contribution is 2.29. The van der Waals surface area contributed by atoms with Gasteiger partial charge >= 0.3 is 6.18 Å². The molecule has 1 saturated carbocycles. The van der Waals surface area contributed by atoms with Crippen LogP contribution in [0, 0.1) is 18.3 Å². The zero-order chi connectivity index (χ0) is 37.4. The summed E-state index contributed by atoms with van der Waals surface area (Å²) in [6.45, 7) is 13.5. The van der Waals surface area contributed by atoms with Gasteiger partial charge in [-0.25, -0.2) is 0 Å². The van der Waals surface area contributed by atoms with E-state index in [9.17, 15) is 18.0 Å². The molecule has 1 fully saturated rings. The molecule has 3 aromatic rings. The lowest BCUT2D eigenvalue weighted by Gasteiger charge is -2.26. The molecule has 0 aromatic heterocycles. The van der Waals surface area contributed by atoms with E-state index in [1.54, 1.807) is 32.0 Å². The zero-order valence-corrected chi connectivity index (χ0v) is 31.2. The summed E-state index contributed by atoms with van der Waals surface area (Å²) in [6.07, 6.45) is 6.35. The summed E-state index contributed by atoms with van der Waals surface area (Å²) in [6, 6.07) is 28.9. The van der Waals surface area contributed by atoms with Crippen LogP contribution in [0.3, 0.4) is 0 Å². The number of benzene rings is 3. The molecule has 272 valence electrons. The minimum absolute atomic E-state index is 0.133. The van der Waals surface area contributed by atoms with Crippen LogP contribution >= 0.6 is 0 Å². The van der Waals surface area contributed by atoms with Gasteiger partial charge in [0.2, 0.25) is 0 Å². The normalized spacial score (nSPS) is 14.2. The van der Waals surface area contributed by atoms with Crippen molar-refractivity contribution in [3.8, 4) is 6.07 Å². The predicted molar refractivity (Wildman–Crippen MR) is 204 cm³/mol. The van der Waals surface area contributed by atoms with Gasteiger partial charge in [0.15, 0.2) is 5.78 Å². The first kappa shape index (κ1) is 43.9. The van der Waals surface area contributed by atoms with E-state index in [1.165, 1.54) is 61.3 Å². The zero-order valence-electron chi connectivity index (χ0n) is 31.2. The molecule has 0 saturated heterocycles. The Morgan fingerprint density at radius 3 is 2.06 bits per heavy atom. The Bertz CT molecular complexity index is 1480. The number of nitriles is 1. The third-order valence-corrected chi connectivity index (χ3v) is 7.87. The first-order chi connectivity index (χ1) is 24.1. The van der Waals surface area contributed by atoms with Crippen LogP contribution in [0.15, 0.2) is 102 Å². The molecule has 0 bridgehead atoms. The predicted octanol–water partition coefficient (Wildman–Crippen LogP) is 12.6. The van der Waals surface area contributed by atoms with Crippen LogP contribution < -0.4 is 10.6 Å². The Morgan fingerprint density at radius 1 is 0.880 bits per heavy atom. The average molecular weight is 690 g/mol. The van der Waals surface area contributed by atoms with Gasteiger partial charge in [-0.3, -0.25) is 4.79 Å². The third-order valence-electron chi connectivity index (χ3n) is 7.87. The molecule has 0 radical (unpaired) electrons. The summed E-state index contributed by atoms with van der Waals surface area (Å²) in [5.74, 6) is -0.411. The second kappa shape index (κ2) is 24.9. The molecule has 0 aliphatic heterocycles. The van der Waals surface area contributed by atoms with Crippen LogP contribution in [0.25, 0.3) is 0 Å². The van der Waals surface area contributed by atoms with E-state index in [4.69, 9.17) is 5.26 Å². The van der Waals surface area contributed by atoms with E-state index in [2.05, 4.69) is 72.2 Å². The quantitative estimate of drug-likeness (QED) is 0.119. The molecule has 1 atom stereocenters. The lowest BCUT2D eigenvalue weighted by molar-refractivity contribution is -0.115. The molecule has 1 unspecified atom stereocenters.